The Hall–Kier alpha value is -1.45. The fourth-order valence-corrected chi connectivity index (χ4v) is 2.47. The van der Waals surface area contributed by atoms with Crippen molar-refractivity contribution in [3.8, 4) is 0 Å². The molecule has 1 N–H and O–H groups in total. The van der Waals surface area contributed by atoms with Crippen molar-refractivity contribution in [3.05, 3.63) is 42.1 Å². The molecule has 1 aromatic carbocycles. The Kier molecular flexibility index (Phi) is 5.31. The van der Waals surface area contributed by atoms with Gasteiger partial charge in [-0.1, -0.05) is 25.1 Å². The third-order valence-electron chi connectivity index (χ3n) is 3.35. The van der Waals surface area contributed by atoms with Gasteiger partial charge < -0.3 is 10.1 Å². The number of para-hydroxylation sites is 1. The van der Waals surface area contributed by atoms with Crippen molar-refractivity contribution < 1.29 is 4.74 Å². The summed E-state index contributed by atoms with van der Waals surface area (Å²) in [5.74, 6) is 0. The number of benzene rings is 1. The number of hydrogen-bond acceptors (Lipinski definition) is 3. The number of nitrogens with one attached hydrogen (secondary N) is 1. The number of ether oxygens (including phenoxy) is 1. The van der Waals surface area contributed by atoms with Crippen LogP contribution in [0.15, 0.2) is 36.5 Å². The highest BCUT2D eigenvalue weighted by Crippen LogP contribution is 2.25. The van der Waals surface area contributed by atoms with Crippen LogP contribution in [0.5, 0.6) is 0 Å². The van der Waals surface area contributed by atoms with Gasteiger partial charge in [-0.25, -0.2) is 0 Å². The molecule has 0 spiro atoms. The minimum Gasteiger partial charge on any atom is -0.385 e. The first-order chi connectivity index (χ1) is 9.36. The van der Waals surface area contributed by atoms with Crippen LogP contribution in [0.4, 0.5) is 0 Å². The van der Waals surface area contributed by atoms with Crippen molar-refractivity contribution in [2.75, 3.05) is 20.3 Å². The van der Waals surface area contributed by atoms with Crippen LogP contribution < -0.4 is 5.32 Å². The molecule has 0 aliphatic rings. The summed E-state index contributed by atoms with van der Waals surface area (Å²) in [4.78, 5) is 4.43. The number of aromatic nitrogens is 1. The van der Waals surface area contributed by atoms with Gasteiger partial charge in [-0.3, -0.25) is 4.98 Å². The summed E-state index contributed by atoms with van der Waals surface area (Å²) in [7, 11) is 1.75. The molecule has 2 aromatic rings. The van der Waals surface area contributed by atoms with E-state index in [1.165, 1.54) is 10.9 Å². The third kappa shape index (κ3) is 3.52. The van der Waals surface area contributed by atoms with Gasteiger partial charge in [0.2, 0.25) is 0 Å². The molecular weight excluding hydrogens is 236 g/mol. The van der Waals surface area contributed by atoms with Gasteiger partial charge in [0.25, 0.3) is 0 Å². The lowest BCUT2D eigenvalue weighted by Crippen LogP contribution is -2.21. The van der Waals surface area contributed by atoms with Gasteiger partial charge in [-0.2, -0.15) is 0 Å². The maximum absolute atomic E-state index is 5.15. The number of rotatable bonds is 7. The Morgan fingerprint density at radius 2 is 2.11 bits per heavy atom. The molecule has 0 aliphatic heterocycles. The monoisotopic (exact) mass is 258 g/mol. The molecule has 2 rings (SSSR count). The molecule has 0 saturated carbocycles. The molecule has 0 amide bonds. The number of methoxy groups -OCH3 is 1. The summed E-state index contributed by atoms with van der Waals surface area (Å²) in [5.41, 5.74) is 2.40. The largest absolute Gasteiger partial charge is 0.385 e. The number of hydrogen-bond donors (Lipinski definition) is 1. The second kappa shape index (κ2) is 7.22. The van der Waals surface area contributed by atoms with Crippen molar-refractivity contribution in [2.24, 2.45) is 0 Å². The lowest BCUT2D eigenvalue weighted by atomic mass is 9.98. The van der Waals surface area contributed by atoms with Gasteiger partial charge in [-0.15, -0.1) is 0 Å². The van der Waals surface area contributed by atoms with Crippen LogP contribution in [-0.2, 0) is 4.74 Å². The Labute approximate surface area is 115 Å². The minimum absolute atomic E-state index is 0.369. The van der Waals surface area contributed by atoms with Crippen LogP contribution in [0, 0.1) is 0 Å². The Bertz CT molecular complexity index is 508. The van der Waals surface area contributed by atoms with E-state index in [0.29, 0.717) is 6.04 Å². The molecule has 3 heteroatoms. The third-order valence-corrected chi connectivity index (χ3v) is 3.35. The van der Waals surface area contributed by atoms with E-state index >= 15 is 0 Å². The first-order valence-electron chi connectivity index (χ1n) is 6.92. The van der Waals surface area contributed by atoms with Crippen LogP contribution >= 0.6 is 0 Å². The average Bonchev–Trinajstić information content (AvgIpc) is 2.46. The zero-order chi connectivity index (χ0) is 13.5. The first kappa shape index (κ1) is 14.0. The number of nitrogens with zero attached hydrogens (tertiary/aromatic N) is 1. The van der Waals surface area contributed by atoms with Crippen LogP contribution in [0.25, 0.3) is 10.9 Å². The summed E-state index contributed by atoms with van der Waals surface area (Å²) in [6, 6.07) is 10.8. The Morgan fingerprint density at radius 1 is 1.26 bits per heavy atom. The quantitative estimate of drug-likeness (QED) is 0.774. The highest BCUT2D eigenvalue weighted by Gasteiger charge is 2.13. The summed E-state index contributed by atoms with van der Waals surface area (Å²) in [5, 5.41) is 4.81. The van der Waals surface area contributed by atoms with E-state index in [1.54, 1.807) is 7.11 Å². The van der Waals surface area contributed by atoms with E-state index in [-0.39, 0.29) is 0 Å². The van der Waals surface area contributed by atoms with Crippen molar-refractivity contribution in [3.63, 3.8) is 0 Å². The molecule has 1 heterocycles. The highest BCUT2D eigenvalue weighted by molar-refractivity contribution is 5.82. The van der Waals surface area contributed by atoms with Crippen LogP contribution in [-0.4, -0.2) is 25.2 Å². The molecule has 102 valence electrons. The van der Waals surface area contributed by atoms with Gasteiger partial charge >= 0.3 is 0 Å². The van der Waals surface area contributed by atoms with Gasteiger partial charge in [0.15, 0.2) is 0 Å². The van der Waals surface area contributed by atoms with E-state index in [1.807, 2.05) is 12.3 Å². The predicted molar refractivity (Wildman–Crippen MR) is 79.3 cm³/mol. The fourth-order valence-electron chi connectivity index (χ4n) is 2.47. The van der Waals surface area contributed by atoms with Crippen LogP contribution in [0.2, 0.25) is 0 Å². The topological polar surface area (TPSA) is 34.1 Å². The Balaban J connectivity index is 2.27. The molecule has 0 radical (unpaired) electrons. The molecule has 0 bridgehead atoms. The molecule has 0 fully saturated rings. The number of fused-ring (bicyclic) bond motifs is 1. The van der Waals surface area contributed by atoms with E-state index in [9.17, 15) is 0 Å². The van der Waals surface area contributed by atoms with E-state index in [0.717, 1.165) is 31.5 Å². The van der Waals surface area contributed by atoms with E-state index in [2.05, 4.69) is 41.5 Å². The van der Waals surface area contributed by atoms with Crippen LogP contribution in [0.3, 0.4) is 0 Å². The maximum atomic E-state index is 5.15. The zero-order valence-electron chi connectivity index (χ0n) is 11.7. The molecule has 1 atom stereocenters. The molecule has 1 unspecified atom stereocenters. The predicted octanol–water partition coefficient (Wildman–Crippen LogP) is 3.31. The summed E-state index contributed by atoms with van der Waals surface area (Å²) >= 11 is 0. The Morgan fingerprint density at radius 3 is 2.89 bits per heavy atom. The molecule has 0 saturated heterocycles. The molecular formula is C16H22N2O. The van der Waals surface area contributed by atoms with E-state index < -0.39 is 0 Å². The second-order valence-corrected chi connectivity index (χ2v) is 4.66. The van der Waals surface area contributed by atoms with Crippen molar-refractivity contribution >= 4 is 10.9 Å². The normalized spacial score (nSPS) is 12.7. The highest BCUT2D eigenvalue weighted by atomic mass is 16.5. The molecule has 19 heavy (non-hydrogen) atoms. The summed E-state index contributed by atoms with van der Waals surface area (Å²) < 4.78 is 5.15. The smallest absolute Gasteiger partial charge is 0.0705 e. The van der Waals surface area contributed by atoms with Gasteiger partial charge in [-0.05, 0) is 37.1 Å². The van der Waals surface area contributed by atoms with Crippen molar-refractivity contribution in [2.45, 2.75) is 25.8 Å². The molecule has 0 aliphatic carbocycles. The zero-order valence-corrected chi connectivity index (χ0v) is 11.7. The fraction of sp³-hybridized carbons (Fsp3) is 0.438. The second-order valence-electron chi connectivity index (χ2n) is 4.66. The maximum Gasteiger partial charge on any atom is 0.0705 e. The average molecular weight is 258 g/mol. The SMILES string of the molecule is CCNC(CCCOC)c1ccnc2ccccc12. The van der Waals surface area contributed by atoms with E-state index in [4.69, 9.17) is 4.74 Å². The first-order valence-corrected chi connectivity index (χ1v) is 6.92. The number of pyridine rings is 1. The standard InChI is InChI=1S/C16H22N2O/c1-3-17-15(9-6-12-19-2)14-10-11-18-16-8-5-4-7-13(14)16/h4-5,7-8,10-11,15,17H,3,6,9,12H2,1-2H3. The van der Waals surface area contributed by atoms with Crippen molar-refractivity contribution in [1.29, 1.82) is 0 Å². The molecule has 1 aromatic heterocycles. The van der Waals surface area contributed by atoms with Gasteiger partial charge in [0, 0.05) is 31.3 Å². The molecule has 3 nitrogen and oxygen atoms in total. The van der Waals surface area contributed by atoms with Crippen molar-refractivity contribution in [1.82, 2.24) is 10.3 Å². The van der Waals surface area contributed by atoms with Crippen LogP contribution in [0.1, 0.15) is 31.4 Å². The lowest BCUT2D eigenvalue weighted by molar-refractivity contribution is 0.189. The van der Waals surface area contributed by atoms with Gasteiger partial charge in [0.05, 0.1) is 5.52 Å². The summed E-state index contributed by atoms with van der Waals surface area (Å²) in [6.45, 7) is 3.92. The van der Waals surface area contributed by atoms with Gasteiger partial charge in [0.1, 0.15) is 0 Å². The summed E-state index contributed by atoms with van der Waals surface area (Å²) in [6.07, 6.45) is 4.04. The lowest BCUT2D eigenvalue weighted by Gasteiger charge is -2.19. The minimum atomic E-state index is 0.369.